The minimum Gasteiger partial charge on any atom is -0.456 e. The molecule has 0 saturated carbocycles. The standard InChI is InChI=1S/C52H30N4O/c1-2-12-33-28-36(24-20-31(33)10-1)55-45-26-22-35(30-42(45)39-25-21-32-11-3-4-13-37(32)51(39)55)34-23-27-46-41(29-34)38-14-5-7-17-44(38)56(46)52-53-43-16-9-19-48-49(43)50(54-52)40-15-6-8-18-47(40)57-48/h1-30H. The van der Waals surface area contributed by atoms with Crippen LogP contribution in [0.3, 0.4) is 0 Å². The molecule has 3 aromatic heterocycles. The Hall–Kier alpha value is -7.76. The number of nitrogens with zero attached hydrogens (tertiary/aromatic N) is 4. The average Bonchev–Trinajstić information content (AvgIpc) is 3.79. The van der Waals surface area contributed by atoms with E-state index in [2.05, 4.69) is 155 Å². The van der Waals surface area contributed by atoms with Crippen LogP contribution in [0, 0.1) is 0 Å². The Morgan fingerprint density at radius 2 is 1.07 bits per heavy atom. The van der Waals surface area contributed by atoms with Gasteiger partial charge in [0.2, 0.25) is 5.95 Å². The van der Waals surface area contributed by atoms with E-state index in [9.17, 15) is 0 Å². The first-order valence-corrected chi connectivity index (χ1v) is 19.3. The third-order valence-electron chi connectivity index (χ3n) is 11.9. The molecule has 0 spiro atoms. The van der Waals surface area contributed by atoms with E-state index in [0.717, 1.165) is 66.7 Å². The maximum atomic E-state index is 6.30. The summed E-state index contributed by atoms with van der Waals surface area (Å²) in [5.74, 6) is 2.23. The Labute approximate surface area is 326 Å². The molecule has 4 heterocycles. The van der Waals surface area contributed by atoms with Gasteiger partial charge in [0.1, 0.15) is 11.5 Å². The monoisotopic (exact) mass is 726 g/mol. The first-order chi connectivity index (χ1) is 28.2. The molecule has 0 fully saturated rings. The van der Waals surface area contributed by atoms with Gasteiger partial charge in [-0.1, -0.05) is 115 Å². The van der Waals surface area contributed by atoms with Crippen LogP contribution in [-0.2, 0) is 0 Å². The molecule has 0 radical (unpaired) electrons. The molecular weight excluding hydrogens is 697 g/mol. The van der Waals surface area contributed by atoms with Gasteiger partial charge < -0.3 is 9.30 Å². The molecule has 12 aromatic rings. The summed E-state index contributed by atoms with van der Waals surface area (Å²) in [6.45, 7) is 0. The van der Waals surface area contributed by atoms with Crippen LogP contribution in [-0.4, -0.2) is 19.1 Å². The zero-order valence-corrected chi connectivity index (χ0v) is 30.5. The first-order valence-electron chi connectivity index (χ1n) is 19.3. The highest BCUT2D eigenvalue weighted by Crippen LogP contribution is 2.46. The lowest BCUT2D eigenvalue weighted by Crippen LogP contribution is -2.06. The van der Waals surface area contributed by atoms with Gasteiger partial charge in [0, 0.05) is 38.2 Å². The van der Waals surface area contributed by atoms with Crippen molar-refractivity contribution in [3.63, 3.8) is 0 Å². The molecule has 0 saturated heterocycles. The van der Waals surface area contributed by atoms with Gasteiger partial charge in [-0.15, -0.1) is 0 Å². The van der Waals surface area contributed by atoms with Gasteiger partial charge >= 0.3 is 0 Å². The van der Waals surface area contributed by atoms with Gasteiger partial charge in [-0.2, -0.15) is 0 Å². The summed E-state index contributed by atoms with van der Waals surface area (Å²) in [5, 5.41) is 10.7. The number of hydrogen-bond acceptors (Lipinski definition) is 3. The Balaban J connectivity index is 1.02. The van der Waals surface area contributed by atoms with Crippen molar-refractivity contribution in [3.8, 4) is 45.5 Å². The quantitative estimate of drug-likeness (QED) is 0.182. The van der Waals surface area contributed by atoms with E-state index in [-0.39, 0.29) is 0 Å². The molecule has 0 unspecified atom stereocenters. The molecule has 0 amide bonds. The summed E-state index contributed by atoms with van der Waals surface area (Å²) in [7, 11) is 0. The molecule has 0 bridgehead atoms. The number of para-hydroxylation sites is 2. The van der Waals surface area contributed by atoms with Gasteiger partial charge in [0.15, 0.2) is 0 Å². The smallest absolute Gasteiger partial charge is 0.235 e. The van der Waals surface area contributed by atoms with Crippen molar-refractivity contribution in [2.24, 2.45) is 0 Å². The molecule has 1 aliphatic rings. The first kappa shape index (κ1) is 30.6. The number of aromatic nitrogens is 4. The van der Waals surface area contributed by atoms with E-state index in [1.54, 1.807) is 0 Å². The van der Waals surface area contributed by atoms with Crippen molar-refractivity contribution in [2.75, 3.05) is 0 Å². The number of rotatable bonds is 3. The summed E-state index contributed by atoms with van der Waals surface area (Å²) < 4.78 is 11.0. The number of ether oxygens (including phenoxy) is 1. The van der Waals surface area contributed by atoms with Gasteiger partial charge in [-0.3, -0.25) is 4.57 Å². The molecular formula is C52H30N4O. The molecule has 9 aromatic carbocycles. The predicted octanol–water partition coefficient (Wildman–Crippen LogP) is 13.6. The molecule has 1 aliphatic heterocycles. The lowest BCUT2D eigenvalue weighted by atomic mass is 10.00. The predicted molar refractivity (Wildman–Crippen MR) is 234 cm³/mol. The van der Waals surface area contributed by atoms with Crippen LogP contribution in [0.1, 0.15) is 0 Å². The molecule has 0 atom stereocenters. The van der Waals surface area contributed by atoms with E-state index < -0.39 is 0 Å². The van der Waals surface area contributed by atoms with Crippen LogP contribution in [0.25, 0.3) is 110 Å². The minimum absolute atomic E-state index is 0.639. The highest BCUT2D eigenvalue weighted by atomic mass is 16.5. The van der Waals surface area contributed by atoms with Crippen LogP contribution in [0.5, 0.6) is 11.5 Å². The normalized spacial score (nSPS) is 12.4. The summed E-state index contributed by atoms with van der Waals surface area (Å²) >= 11 is 0. The molecule has 5 heteroatoms. The van der Waals surface area contributed by atoms with Crippen LogP contribution in [0.2, 0.25) is 0 Å². The molecule has 5 nitrogen and oxygen atoms in total. The zero-order chi connectivity index (χ0) is 37.2. The van der Waals surface area contributed by atoms with Crippen LogP contribution >= 0.6 is 0 Å². The van der Waals surface area contributed by atoms with Crippen molar-refractivity contribution >= 4 is 76.1 Å². The summed E-state index contributed by atoms with van der Waals surface area (Å²) in [4.78, 5) is 10.5. The van der Waals surface area contributed by atoms with Gasteiger partial charge in [-0.25, -0.2) is 9.97 Å². The van der Waals surface area contributed by atoms with E-state index in [1.165, 1.54) is 48.9 Å². The third-order valence-corrected chi connectivity index (χ3v) is 11.9. The highest BCUT2D eigenvalue weighted by Gasteiger charge is 2.25. The van der Waals surface area contributed by atoms with E-state index in [0.29, 0.717) is 5.95 Å². The fourth-order valence-electron chi connectivity index (χ4n) is 9.30. The zero-order valence-electron chi connectivity index (χ0n) is 30.5. The van der Waals surface area contributed by atoms with Crippen molar-refractivity contribution in [1.82, 2.24) is 19.1 Å². The van der Waals surface area contributed by atoms with Crippen molar-refractivity contribution in [1.29, 1.82) is 0 Å². The average molecular weight is 727 g/mol. The summed E-state index contributed by atoms with van der Waals surface area (Å²) in [6.07, 6.45) is 0. The molecule has 57 heavy (non-hydrogen) atoms. The largest absolute Gasteiger partial charge is 0.456 e. The van der Waals surface area contributed by atoms with E-state index in [1.807, 2.05) is 36.4 Å². The van der Waals surface area contributed by atoms with E-state index in [4.69, 9.17) is 14.7 Å². The Morgan fingerprint density at radius 1 is 0.404 bits per heavy atom. The maximum absolute atomic E-state index is 6.30. The van der Waals surface area contributed by atoms with Gasteiger partial charge in [0.05, 0.1) is 38.7 Å². The second-order valence-electron chi connectivity index (χ2n) is 15.0. The van der Waals surface area contributed by atoms with Crippen molar-refractivity contribution in [2.45, 2.75) is 0 Å². The lowest BCUT2D eigenvalue weighted by molar-refractivity contribution is 0.486. The fourth-order valence-corrected chi connectivity index (χ4v) is 9.30. The summed E-state index contributed by atoms with van der Waals surface area (Å²) in [5.41, 5.74) is 10.7. The van der Waals surface area contributed by atoms with Gasteiger partial charge in [0.25, 0.3) is 0 Å². The highest BCUT2D eigenvalue weighted by molar-refractivity contribution is 6.19. The molecule has 0 aliphatic carbocycles. The third kappa shape index (κ3) is 4.34. The lowest BCUT2D eigenvalue weighted by Gasteiger charge is -2.20. The molecule has 264 valence electrons. The number of hydrogen-bond donors (Lipinski definition) is 0. The van der Waals surface area contributed by atoms with E-state index >= 15 is 0 Å². The van der Waals surface area contributed by atoms with Gasteiger partial charge in [-0.05, 0) is 94.0 Å². The SMILES string of the molecule is c1ccc2c(c1)Oc1cccc3nc(-n4c5ccccc5c5cc(-c6ccc7c(c6)c6ccc8ccccc8c6n7-c6ccc7ccccc7c6)ccc54)nc-2c13. The Kier molecular flexibility index (Phi) is 6.10. The molecule has 0 N–H and O–H groups in total. The minimum atomic E-state index is 0.639. The fraction of sp³-hybridized carbons (Fsp3) is 0. The van der Waals surface area contributed by atoms with Crippen molar-refractivity contribution in [3.05, 3.63) is 182 Å². The topological polar surface area (TPSA) is 44.9 Å². The second-order valence-corrected chi connectivity index (χ2v) is 15.0. The van der Waals surface area contributed by atoms with Crippen molar-refractivity contribution < 1.29 is 4.74 Å². The maximum Gasteiger partial charge on any atom is 0.235 e. The summed E-state index contributed by atoms with van der Waals surface area (Å²) in [6, 6.07) is 65.1. The molecule has 13 rings (SSSR count). The number of fused-ring (bicyclic) bond motifs is 11. The van der Waals surface area contributed by atoms with Crippen LogP contribution < -0.4 is 4.74 Å². The van der Waals surface area contributed by atoms with Crippen LogP contribution in [0.15, 0.2) is 182 Å². The Bertz CT molecular complexity index is 3690. The second kappa shape index (κ2) is 11.4. The van der Waals surface area contributed by atoms with Crippen LogP contribution in [0.4, 0.5) is 0 Å². The number of benzene rings is 9. The Morgan fingerprint density at radius 3 is 1.95 bits per heavy atom.